The van der Waals surface area contributed by atoms with Crippen LogP contribution in [0.5, 0.6) is 0 Å². The molecule has 1 fully saturated rings. The lowest BCUT2D eigenvalue weighted by Gasteiger charge is -2.34. The molecule has 7 nitrogen and oxygen atoms in total. The van der Waals surface area contributed by atoms with E-state index in [1.807, 2.05) is 16.8 Å². The number of benzene rings is 1. The van der Waals surface area contributed by atoms with Gasteiger partial charge in [0.05, 0.1) is 11.6 Å². The Morgan fingerprint density at radius 2 is 1.93 bits per heavy atom. The zero-order chi connectivity index (χ0) is 21.2. The molecule has 0 spiro atoms. The molecule has 29 heavy (non-hydrogen) atoms. The van der Waals surface area contributed by atoms with E-state index in [4.69, 9.17) is 26.3 Å². The van der Waals surface area contributed by atoms with Gasteiger partial charge in [0, 0.05) is 29.7 Å². The van der Waals surface area contributed by atoms with E-state index in [2.05, 4.69) is 27.7 Å². The molecule has 0 bridgehead atoms. The monoisotopic (exact) mass is 399 g/mol. The number of hydrogen-bond acceptors (Lipinski definition) is 5. The smallest absolute Gasteiger partial charge is 0.248 e. The fourth-order valence-electron chi connectivity index (χ4n) is 3.88. The Bertz CT molecular complexity index is 838. The Labute approximate surface area is 172 Å². The number of hydrogen-bond donors (Lipinski definition) is 2. The summed E-state index contributed by atoms with van der Waals surface area (Å²) in [5.41, 5.74) is 12.9. The van der Waals surface area contributed by atoms with Gasteiger partial charge in [-0.2, -0.15) is 5.10 Å². The van der Waals surface area contributed by atoms with Crippen molar-refractivity contribution < 1.29 is 9.53 Å². The lowest BCUT2D eigenvalue weighted by molar-refractivity contribution is 0.0104. The van der Waals surface area contributed by atoms with Crippen LogP contribution in [0.1, 0.15) is 75.5 Å². The van der Waals surface area contributed by atoms with Crippen LogP contribution in [0.4, 0.5) is 0 Å². The number of nitrogens with two attached hydrogens (primary N) is 2. The largest absolute Gasteiger partial charge is 0.377 e. The second-order valence-corrected chi connectivity index (χ2v) is 8.90. The third-order valence-electron chi connectivity index (χ3n) is 5.43. The average Bonchev–Trinajstić information content (AvgIpc) is 3.13. The minimum atomic E-state index is -0.443. The molecule has 1 heterocycles. The molecule has 2 aromatic rings. The zero-order valence-electron chi connectivity index (χ0n) is 17.9. The normalized spacial score (nSPS) is 22.6. The van der Waals surface area contributed by atoms with Crippen LogP contribution in [0.3, 0.4) is 0 Å². The molecule has 0 saturated heterocycles. The molecule has 1 aromatic heterocycles. The van der Waals surface area contributed by atoms with Crippen molar-refractivity contribution >= 4 is 5.91 Å². The number of nitrogens with zero attached hydrogens (tertiary/aromatic N) is 3. The second kappa shape index (κ2) is 8.63. The molecule has 0 unspecified atom stereocenters. The molecule has 4 N–H and O–H groups in total. The van der Waals surface area contributed by atoms with Crippen molar-refractivity contribution in [3.63, 3.8) is 0 Å². The van der Waals surface area contributed by atoms with E-state index in [0.717, 1.165) is 43.7 Å². The Hall–Kier alpha value is -2.25. The van der Waals surface area contributed by atoms with Crippen molar-refractivity contribution in [3.8, 4) is 11.4 Å². The van der Waals surface area contributed by atoms with E-state index >= 15 is 0 Å². The van der Waals surface area contributed by atoms with Crippen molar-refractivity contribution in [1.82, 2.24) is 14.8 Å². The molecule has 1 saturated carbocycles. The van der Waals surface area contributed by atoms with Gasteiger partial charge in [-0.1, -0.05) is 19.1 Å². The predicted molar refractivity (Wildman–Crippen MR) is 114 cm³/mol. The molecule has 0 radical (unpaired) electrons. The van der Waals surface area contributed by atoms with Gasteiger partial charge in [0.25, 0.3) is 0 Å². The number of amides is 1. The highest BCUT2D eigenvalue weighted by Gasteiger charge is 2.34. The van der Waals surface area contributed by atoms with Gasteiger partial charge in [-0.05, 0) is 58.6 Å². The predicted octanol–water partition coefficient (Wildman–Crippen LogP) is 3.19. The molecular weight excluding hydrogens is 366 g/mol. The van der Waals surface area contributed by atoms with Gasteiger partial charge < -0.3 is 16.2 Å². The maximum absolute atomic E-state index is 11.3. The summed E-state index contributed by atoms with van der Waals surface area (Å²) in [5.74, 6) is 1.43. The fourth-order valence-corrected chi connectivity index (χ4v) is 3.88. The van der Waals surface area contributed by atoms with Crippen LogP contribution < -0.4 is 11.5 Å². The molecule has 1 aliphatic carbocycles. The quantitative estimate of drug-likeness (QED) is 0.775. The SMILES string of the molecule is CCCO[C@@H]1CC[C@H](c2nc(-c3ccc(C(N)=O)cc3)nn2C(C)(C)C)C[C@H]1N. The average molecular weight is 400 g/mol. The number of aromatic nitrogens is 3. The van der Waals surface area contributed by atoms with Gasteiger partial charge in [0.1, 0.15) is 5.82 Å². The number of carbonyl (C=O) groups is 1. The van der Waals surface area contributed by atoms with E-state index in [1.165, 1.54) is 0 Å². The van der Waals surface area contributed by atoms with Crippen LogP contribution >= 0.6 is 0 Å². The van der Waals surface area contributed by atoms with Crippen LogP contribution in [-0.4, -0.2) is 39.4 Å². The number of carbonyl (C=O) groups excluding carboxylic acids is 1. The second-order valence-electron chi connectivity index (χ2n) is 8.90. The number of primary amides is 1. The van der Waals surface area contributed by atoms with Crippen molar-refractivity contribution in [3.05, 3.63) is 35.7 Å². The molecule has 1 aliphatic rings. The van der Waals surface area contributed by atoms with E-state index in [1.54, 1.807) is 12.1 Å². The van der Waals surface area contributed by atoms with Crippen LogP contribution in [0.2, 0.25) is 0 Å². The minimum absolute atomic E-state index is 0.00344. The van der Waals surface area contributed by atoms with Crippen LogP contribution in [-0.2, 0) is 10.3 Å². The first kappa shape index (κ1) is 21.5. The van der Waals surface area contributed by atoms with Crippen molar-refractivity contribution in [1.29, 1.82) is 0 Å². The first-order valence-electron chi connectivity index (χ1n) is 10.5. The summed E-state index contributed by atoms with van der Waals surface area (Å²) < 4.78 is 7.95. The van der Waals surface area contributed by atoms with Crippen molar-refractivity contribution in [2.75, 3.05) is 6.61 Å². The lowest BCUT2D eigenvalue weighted by Crippen LogP contribution is -2.42. The summed E-state index contributed by atoms with van der Waals surface area (Å²) in [6.45, 7) is 9.25. The highest BCUT2D eigenvalue weighted by molar-refractivity contribution is 5.93. The van der Waals surface area contributed by atoms with Crippen LogP contribution in [0.25, 0.3) is 11.4 Å². The van der Waals surface area contributed by atoms with Crippen LogP contribution in [0, 0.1) is 0 Å². The summed E-state index contributed by atoms with van der Waals surface area (Å²) in [6.07, 6.45) is 3.88. The highest BCUT2D eigenvalue weighted by atomic mass is 16.5. The van der Waals surface area contributed by atoms with E-state index in [-0.39, 0.29) is 23.6 Å². The van der Waals surface area contributed by atoms with Crippen molar-refractivity contribution in [2.24, 2.45) is 11.5 Å². The van der Waals surface area contributed by atoms with Gasteiger partial charge >= 0.3 is 0 Å². The molecule has 1 aromatic carbocycles. The van der Waals surface area contributed by atoms with Gasteiger partial charge in [-0.3, -0.25) is 4.79 Å². The Balaban J connectivity index is 1.88. The Morgan fingerprint density at radius 1 is 1.24 bits per heavy atom. The molecule has 158 valence electrons. The first-order chi connectivity index (χ1) is 13.7. The summed E-state index contributed by atoms with van der Waals surface area (Å²) in [6, 6.07) is 7.10. The van der Waals surface area contributed by atoms with Crippen molar-refractivity contribution in [2.45, 2.75) is 77.0 Å². The molecule has 3 atom stereocenters. The zero-order valence-corrected chi connectivity index (χ0v) is 17.9. The van der Waals surface area contributed by atoms with E-state index < -0.39 is 5.91 Å². The number of rotatable bonds is 6. The summed E-state index contributed by atoms with van der Waals surface area (Å²) in [5, 5.41) is 4.81. The maximum atomic E-state index is 11.3. The highest BCUT2D eigenvalue weighted by Crippen LogP contribution is 2.35. The summed E-state index contributed by atoms with van der Waals surface area (Å²) >= 11 is 0. The Kier molecular flexibility index (Phi) is 6.39. The maximum Gasteiger partial charge on any atom is 0.248 e. The van der Waals surface area contributed by atoms with Gasteiger partial charge in [-0.25, -0.2) is 9.67 Å². The third-order valence-corrected chi connectivity index (χ3v) is 5.43. The standard InChI is InChI=1S/C22H33N5O2/c1-5-12-29-18-11-10-16(13-17(18)23)21-25-20(26-27(21)22(2,3)4)15-8-6-14(7-9-15)19(24)28/h6-9,16-18H,5,10-13,23H2,1-4H3,(H2,24,28)/t16-,17+,18+/m0/s1. The summed E-state index contributed by atoms with van der Waals surface area (Å²) in [7, 11) is 0. The molecular formula is C22H33N5O2. The van der Waals surface area contributed by atoms with Gasteiger partial charge in [0.2, 0.25) is 5.91 Å². The van der Waals surface area contributed by atoms with E-state index in [9.17, 15) is 4.79 Å². The van der Waals surface area contributed by atoms with Crippen LogP contribution in [0.15, 0.2) is 24.3 Å². The molecule has 3 rings (SSSR count). The topological polar surface area (TPSA) is 109 Å². The minimum Gasteiger partial charge on any atom is -0.377 e. The third kappa shape index (κ3) is 4.85. The summed E-state index contributed by atoms with van der Waals surface area (Å²) in [4.78, 5) is 16.2. The molecule has 7 heteroatoms. The molecule has 0 aliphatic heterocycles. The first-order valence-corrected chi connectivity index (χ1v) is 10.5. The van der Waals surface area contributed by atoms with Gasteiger partial charge in [-0.15, -0.1) is 0 Å². The number of ether oxygens (including phenoxy) is 1. The Morgan fingerprint density at radius 3 is 2.48 bits per heavy atom. The molecule has 1 amide bonds. The lowest BCUT2D eigenvalue weighted by atomic mass is 9.83. The van der Waals surface area contributed by atoms with E-state index in [0.29, 0.717) is 11.4 Å². The fraction of sp³-hybridized carbons (Fsp3) is 0.591. The van der Waals surface area contributed by atoms with Gasteiger partial charge in [0.15, 0.2) is 5.82 Å².